The molecule has 0 saturated carbocycles. The molecule has 5 nitrogen and oxygen atoms in total. The number of nitrogens with one attached hydrogen (secondary N) is 1. The first-order chi connectivity index (χ1) is 8.26. The monoisotopic (exact) mass is 314 g/mol. The number of nitrogens with zero attached hydrogens (tertiary/aromatic N) is 2. The van der Waals surface area contributed by atoms with Crippen molar-refractivity contribution < 1.29 is 4.74 Å². The summed E-state index contributed by atoms with van der Waals surface area (Å²) in [6.45, 7) is 0. The summed E-state index contributed by atoms with van der Waals surface area (Å²) in [7, 11) is 1.56. The highest BCUT2D eigenvalue weighted by atomic mass is 79.9. The van der Waals surface area contributed by atoms with Crippen LogP contribution in [0.1, 0.15) is 17.3 Å². The van der Waals surface area contributed by atoms with Crippen LogP contribution in [0.2, 0.25) is 0 Å². The van der Waals surface area contributed by atoms with Gasteiger partial charge in [0, 0.05) is 12.4 Å². The molecular formula is C10H11BrN4OS. The molecule has 2 heterocycles. The molecule has 1 unspecified atom stereocenters. The maximum Gasteiger partial charge on any atom is 0.237 e. The minimum Gasteiger partial charge on any atom is -0.480 e. The van der Waals surface area contributed by atoms with Gasteiger partial charge in [0.1, 0.15) is 5.69 Å². The Labute approximate surface area is 111 Å². The third-order valence-electron chi connectivity index (χ3n) is 2.25. The average molecular weight is 315 g/mol. The number of thiophene rings is 1. The normalized spacial score (nSPS) is 12.4. The van der Waals surface area contributed by atoms with E-state index in [2.05, 4.69) is 31.3 Å². The Morgan fingerprint density at radius 2 is 2.24 bits per heavy atom. The Morgan fingerprint density at radius 1 is 1.47 bits per heavy atom. The summed E-state index contributed by atoms with van der Waals surface area (Å²) in [6.07, 6.45) is 3.20. The number of hydrazine groups is 1. The van der Waals surface area contributed by atoms with Crippen molar-refractivity contribution in [2.24, 2.45) is 5.84 Å². The number of nitrogens with two attached hydrogens (primary N) is 1. The van der Waals surface area contributed by atoms with E-state index in [1.54, 1.807) is 30.8 Å². The molecule has 0 aliphatic rings. The van der Waals surface area contributed by atoms with Gasteiger partial charge in [0.15, 0.2) is 0 Å². The van der Waals surface area contributed by atoms with E-state index in [0.717, 1.165) is 9.35 Å². The van der Waals surface area contributed by atoms with Crippen LogP contribution in [0, 0.1) is 0 Å². The molecule has 90 valence electrons. The largest absolute Gasteiger partial charge is 0.480 e. The van der Waals surface area contributed by atoms with Gasteiger partial charge in [-0.3, -0.25) is 10.8 Å². The fourth-order valence-corrected chi connectivity index (χ4v) is 2.70. The molecule has 3 N–H and O–H groups in total. The number of rotatable bonds is 4. The van der Waals surface area contributed by atoms with Crippen LogP contribution < -0.4 is 16.0 Å². The van der Waals surface area contributed by atoms with E-state index in [0.29, 0.717) is 11.6 Å². The molecule has 0 fully saturated rings. The Bertz CT molecular complexity index is 505. The maximum atomic E-state index is 5.59. The van der Waals surface area contributed by atoms with E-state index >= 15 is 0 Å². The van der Waals surface area contributed by atoms with Crippen molar-refractivity contribution >= 4 is 27.3 Å². The summed E-state index contributed by atoms with van der Waals surface area (Å²) in [5.74, 6) is 6.06. The zero-order valence-electron chi connectivity index (χ0n) is 9.05. The van der Waals surface area contributed by atoms with E-state index in [9.17, 15) is 0 Å². The van der Waals surface area contributed by atoms with Gasteiger partial charge in [0.25, 0.3) is 0 Å². The van der Waals surface area contributed by atoms with Gasteiger partial charge in [-0.25, -0.2) is 10.4 Å². The minimum atomic E-state index is -0.235. The van der Waals surface area contributed by atoms with Crippen LogP contribution in [0.4, 0.5) is 0 Å². The molecule has 0 spiro atoms. The van der Waals surface area contributed by atoms with Crippen LogP contribution in [0.15, 0.2) is 27.6 Å². The van der Waals surface area contributed by atoms with Crippen LogP contribution in [-0.4, -0.2) is 17.1 Å². The molecule has 0 aliphatic carbocycles. The molecule has 0 radical (unpaired) electrons. The molecular weight excluding hydrogens is 304 g/mol. The van der Waals surface area contributed by atoms with Crippen LogP contribution in [0.3, 0.4) is 0 Å². The van der Waals surface area contributed by atoms with Crippen LogP contribution in [0.5, 0.6) is 5.88 Å². The molecule has 0 bridgehead atoms. The second-order valence-corrected chi connectivity index (χ2v) is 5.53. The predicted molar refractivity (Wildman–Crippen MR) is 69.8 cm³/mol. The zero-order chi connectivity index (χ0) is 12.3. The van der Waals surface area contributed by atoms with E-state index < -0.39 is 0 Å². The maximum absolute atomic E-state index is 5.59. The minimum absolute atomic E-state index is 0.235. The highest BCUT2D eigenvalue weighted by molar-refractivity contribution is 9.11. The molecule has 2 rings (SSSR count). The van der Waals surface area contributed by atoms with E-state index in [-0.39, 0.29) is 6.04 Å². The van der Waals surface area contributed by atoms with Gasteiger partial charge in [0.2, 0.25) is 5.88 Å². The van der Waals surface area contributed by atoms with Gasteiger partial charge in [-0.1, -0.05) is 0 Å². The van der Waals surface area contributed by atoms with Crippen molar-refractivity contribution in [3.05, 3.63) is 38.9 Å². The first-order valence-corrected chi connectivity index (χ1v) is 6.48. The molecule has 2 aromatic rings. The van der Waals surface area contributed by atoms with Crippen molar-refractivity contribution in [3.8, 4) is 5.88 Å². The summed E-state index contributed by atoms with van der Waals surface area (Å²) in [5.41, 5.74) is 4.41. The van der Waals surface area contributed by atoms with Gasteiger partial charge < -0.3 is 4.74 Å². The highest BCUT2D eigenvalue weighted by Gasteiger charge is 2.20. The highest BCUT2D eigenvalue weighted by Crippen LogP contribution is 2.30. The molecule has 0 amide bonds. The summed E-state index contributed by atoms with van der Waals surface area (Å²) >= 11 is 5.01. The molecule has 0 saturated heterocycles. The lowest BCUT2D eigenvalue weighted by Gasteiger charge is -2.15. The summed E-state index contributed by atoms with van der Waals surface area (Å²) < 4.78 is 6.22. The second kappa shape index (κ2) is 5.54. The molecule has 0 aromatic carbocycles. The van der Waals surface area contributed by atoms with Crippen LogP contribution in [0.25, 0.3) is 0 Å². The molecule has 1 atom stereocenters. The Kier molecular flexibility index (Phi) is 4.06. The van der Waals surface area contributed by atoms with Gasteiger partial charge in [-0.2, -0.15) is 0 Å². The first-order valence-electron chi connectivity index (χ1n) is 4.81. The lowest BCUT2D eigenvalue weighted by atomic mass is 10.1. The molecule has 7 heteroatoms. The fourth-order valence-electron chi connectivity index (χ4n) is 1.50. The Hall–Kier alpha value is -1.02. The van der Waals surface area contributed by atoms with Crippen molar-refractivity contribution in [1.29, 1.82) is 0 Å². The van der Waals surface area contributed by atoms with Gasteiger partial charge in [-0.15, -0.1) is 11.3 Å². The zero-order valence-corrected chi connectivity index (χ0v) is 11.5. The number of halogens is 1. The third-order valence-corrected chi connectivity index (χ3v) is 3.77. The fraction of sp³-hybridized carbons (Fsp3) is 0.200. The van der Waals surface area contributed by atoms with Gasteiger partial charge >= 0.3 is 0 Å². The van der Waals surface area contributed by atoms with Crippen LogP contribution >= 0.6 is 27.3 Å². The average Bonchev–Trinajstić information content (AvgIpc) is 2.77. The summed E-state index contributed by atoms with van der Waals surface area (Å²) in [6, 6.07) is 1.75. The van der Waals surface area contributed by atoms with Crippen molar-refractivity contribution in [3.63, 3.8) is 0 Å². The van der Waals surface area contributed by atoms with Gasteiger partial charge in [-0.05, 0) is 32.9 Å². The summed E-state index contributed by atoms with van der Waals surface area (Å²) in [4.78, 5) is 8.38. The SMILES string of the molecule is COc1nccnc1C(NN)c1csc(Br)c1. The first kappa shape index (κ1) is 12.4. The molecule has 17 heavy (non-hydrogen) atoms. The number of methoxy groups -OCH3 is 1. The second-order valence-electron chi connectivity index (χ2n) is 3.23. The number of hydrogen-bond acceptors (Lipinski definition) is 6. The number of ether oxygens (including phenoxy) is 1. The topological polar surface area (TPSA) is 73.1 Å². The Morgan fingerprint density at radius 3 is 2.82 bits per heavy atom. The quantitative estimate of drug-likeness (QED) is 0.665. The van der Waals surface area contributed by atoms with E-state index in [1.807, 2.05) is 11.4 Å². The Balaban J connectivity index is 2.41. The molecule has 0 aliphatic heterocycles. The lowest BCUT2D eigenvalue weighted by molar-refractivity contribution is 0.383. The predicted octanol–water partition coefficient (Wildman–Crippen LogP) is 1.86. The van der Waals surface area contributed by atoms with E-state index in [1.165, 1.54) is 0 Å². The molecule has 2 aromatic heterocycles. The number of aromatic nitrogens is 2. The van der Waals surface area contributed by atoms with Crippen LogP contribution in [-0.2, 0) is 0 Å². The lowest BCUT2D eigenvalue weighted by Crippen LogP contribution is -2.29. The van der Waals surface area contributed by atoms with Gasteiger partial charge in [0.05, 0.1) is 16.9 Å². The van der Waals surface area contributed by atoms with Crippen molar-refractivity contribution in [1.82, 2.24) is 15.4 Å². The summed E-state index contributed by atoms with van der Waals surface area (Å²) in [5, 5.41) is 2.00. The smallest absolute Gasteiger partial charge is 0.237 e. The van der Waals surface area contributed by atoms with Crippen molar-refractivity contribution in [2.75, 3.05) is 7.11 Å². The third kappa shape index (κ3) is 2.63. The number of hydrogen-bond donors (Lipinski definition) is 2. The van der Waals surface area contributed by atoms with Crippen molar-refractivity contribution in [2.45, 2.75) is 6.04 Å². The standard InChI is InChI=1S/C10H11BrN4OS/c1-16-10-9(13-2-3-14-10)8(15-12)6-4-7(11)17-5-6/h2-5,8,15H,12H2,1H3. The van der Waals surface area contributed by atoms with E-state index in [4.69, 9.17) is 10.6 Å².